The first-order valence-corrected chi connectivity index (χ1v) is 3.67. The van der Waals surface area contributed by atoms with E-state index in [0.717, 1.165) is 6.20 Å². The second kappa shape index (κ2) is 2.84. The molecule has 12 heavy (non-hydrogen) atoms. The van der Waals surface area contributed by atoms with Gasteiger partial charge in [-0.05, 0) is 18.1 Å². The Kier molecular flexibility index (Phi) is 2.17. The minimum atomic E-state index is -4.29. The van der Waals surface area contributed by atoms with Crippen LogP contribution in [0.1, 0.15) is 25.5 Å². The Morgan fingerprint density at radius 2 is 1.92 bits per heavy atom. The fourth-order valence-corrected chi connectivity index (χ4v) is 1.10. The average molecular weight is 177 g/mol. The number of nitrogens with zero attached hydrogens (tertiary/aromatic N) is 1. The molecule has 0 fully saturated rings. The number of hydrogen-bond acceptors (Lipinski definition) is 0. The summed E-state index contributed by atoms with van der Waals surface area (Å²) in [6, 6.07) is 2.89. The predicted molar refractivity (Wildman–Crippen MR) is 39.8 cm³/mol. The van der Waals surface area contributed by atoms with Crippen molar-refractivity contribution in [1.82, 2.24) is 4.57 Å². The van der Waals surface area contributed by atoms with E-state index in [4.69, 9.17) is 0 Å². The second-order valence-electron chi connectivity index (χ2n) is 2.93. The molecule has 0 bridgehead atoms. The number of alkyl halides is 3. The lowest BCUT2D eigenvalue weighted by Gasteiger charge is -2.14. The molecule has 0 unspecified atom stereocenters. The summed E-state index contributed by atoms with van der Waals surface area (Å²) in [6.45, 7) is 3.47. The van der Waals surface area contributed by atoms with Gasteiger partial charge in [-0.2, -0.15) is 0 Å². The number of hydrogen-bond donors (Lipinski definition) is 0. The van der Waals surface area contributed by atoms with Gasteiger partial charge in [0.1, 0.15) is 0 Å². The molecule has 1 rings (SSSR count). The summed E-state index contributed by atoms with van der Waals surface area (Å²) in [7, 11) is 0. The molecular weight excluding hydrogens is 167 g/mol. The zero-order chi connectivity index (χ0) is 9.35. The molecule has 0 aliphatic heterocycles. The lowest BCUT2D eigenvalue weighted by atomic mass is 10.1. The van der Waals surface area contributed by atoms with Crippen LogP contribution in [0.4, 0.5) is 13.2 Å². The molecule has 0 radical (unpaired) electrons. The van der Waals surface area contributed by atoms with Crippen LogP contribution < -0.4 is 0 Å². The molecule has 4 heteroatoms. The summed E-state index contributed by atoms with van der Waals surface area (Å²) in [5, 5.41) is 0. The number of rotatable bonds is 1. The highest BCUT2D eigenvalue weighted by atomic mass is 19.4. The molecule has 0 aliphatic rings. The highest BCUT2D eigenvalue weighted by Crippen LogP contribution is 2.27. The lowest BCUT2D eigenvalue weighted by molar-refractivity contribution is -0.205. The van der Waals surface area contributed by atoms with Gasteiger partial charge in [0.15, 0.2) is 0 Å². The zero-order valence-electron chi connectivity index (χ0n) is 6.89. The molecule has 68 valence electrons. The SMILES string of the molecule is CC(C)c1cccn1C(F)(F)F. The van der Waals surface area contributed by atoms with E-state index in [2.05, 4.69) is 0 Å². The van der Waals surface area contributed by atoms with Gasteiger partial charge in [-0.15, -0.1) is 13.2 Å². The van der Waals surface area contributed by atoms with Gasteiger partial charge in [0.2, 0.25) is 0 Å². The van der Waals surface area contributed by atoms with Gasteiger partial charge < -0.3 is 0 Å². The van der Waals surface area contributed by atoms with E-state index in [1.165, 1.54) is 12.1 Å². The molecule has 0 spiro atoms. The fourth-order valence-electron chi connectivity index (χ4n) is 1.10. The maximum Gasteiger partial charge on any atom is 0.488 e. The predicted octanol–water partition coefficient (Wildman–Crippen LogP) is 3.09. The van der Waals surface area contributed by atoms with Gasteiger partial charge in [0.25, 0.3) is 0 Å². The Labute approximate surface area is 68.8 Å². The van der Waals surface area contributed by atoms with Crippen LogP contribution in [0.5, 0.6) is 0 Å². The van der Waals surface area contributed by atoms with Gasteiger partial charge in [0, 0.05) is 11.9 Å². The molecule has 1 heterocycles. The molecule has 0 atom stereocenters. The highest BCUT2D eigenvalue weighted by Gasteiger charge is 2.32. The highest BCUT2D eigenvalue weighted by molar-refractivity contribution is 5.11. The molecule has 1 aromatic rings. The topological polar surface area (TPSA) is 4.93 Å². The normalized spacial score (nSPS) is 12.5. The van der Waals surface area contributed by atoms with Crippen molar-refractivity contribution in [1.29, 1.82) is 0 Å². The first-order valence-electron chi connectivity index (χ1n) is 3.67. The second-order valence-corrected chi connectivity index (χ2v) is 2.93. The van der Waals surface area contributed by atoms with Crippen molar-refractivity contribution in [3.05, 3.63) is 24.0 Å². The number of halogens is 3. The van der Waals surface area contributed by atoms with Gasteiger partial charge in [-0.3, -0.25) is 4.57 Å². The van der Waals surface area contributed by atoms with Gasteiger partial charge in [0.05, 0.1) is 0 Å². The Bertz CT molecular complexity index is 260. The third-order valence-corrected chi connectivity index (χ3v) is 1.64. The maximum atomic E-state index is 12.2. The van der Waals surface area contributed by atoms with Crippen molar-refractivity contribution in [2.45, 2.75) is 26.1 Å². The van der Waals surface area contributed by atoms with Crippen LogP contribution >= 0.6 is 0 Å². The summed E-state index contributed by atoms with van der Waals surface area (Å²) in [5.74, 6) is -0.110. The van der Waals surface area contributed by atoms with E-state index < -0.39 is 6.30 Å². The monoisotopic (exact) mass is 177 g/mol. The van der Waals surface area contributed by atoms with Crippen molar-refractivity contribution < 1.29 is 13.2 Å². The Morgan fingerprint density at radius 3 is 2.25 bits per heavy atom. The maximum absolute atomic E-state index is 12.2. The summed E-state index contributed by atoms with van der Waals surface area (Å²) < 4.78 is 37.0. The van der Waals surface area contributed by atoms with E-state index >= 15 is 0 Å². The van der Waals surface area contributed by atoms with Crippen LogP contribution in [0, 0.1) is 0 Å². The molecular formula is C8H10F3N. The van der Waals surface area contributed by atoms with Crippen molar-refractivity contribution >= 4 is 0 Å². The molecule has 0 N–H and O–H groups in total. The molecule has 0 saturated carbocycles. The largest absolute Gasteiger partial charge is 0.488 e. The van der Waals surface area contributed by atoms with Gasteiger partial charge in [-0.25, -0.2) is 0 Å². The smallest absolute Gasteiger partial charge is 0.263 e. The fraction of sp³-hybridized carbons (Fsp3) is 0.500. The average Bonchev–Trinajstić information content (AvgIpc) is 2.30. The van der Waals surface area contributed by atoms with Crippen molar-refractivity contribution in [3.63, 3.8) is 0 Å². The third-order valence-electron chi connectivity index (χ3n) is 1.64. The Hall–Kier alpha value is -0.930. The molecule has 1 nitrogen and oxygen atoms in total. The van der Waals surface area contributed by atoms with Crippen LogP contribution in [0.15, 0.2) is 18.3 Å². The van der Waals surface area contributed by atoms with Crippen molar-refractivity contribution in [2.75, 3.05) is 0 Å². The van der Waals surface area contributed by atoms with Gasteiger partial charge in [-0.1, -0.05) is 13.8 Å². The summed E-state index contributed by atoms with van der Waals surface area (Å²) in [5.41, 5.74) is 0.294. The van der Waals surface area contributed by atoms with Crippen LogP contribution in [-0.2, 0) is 6.30 Å². The lowest BCUT2D eigenvalue weighted by Crippen LogP contribution is -2.18. The van der Waals surface area contributed by atoms with Crippen molar-refractivity contribution in [2.24, 2.45) is 0 Å². The van der Waals surface area contributed by atoms with E-state index in [1.54, 1.807) is 13.8 Å². The summed E-state index contributed by atoms with van der Waals surface area (Å²) in [4.78, 5) is 0. The molecule has 0 saturated heterocycles. The minimum absolute atomic E-state index is 0.110. The van der Waals surface area contributed by atoms with Crippen LogP contribution in [0.2, 0.25) is 0 Å². The zero-order valence-corrected chi connectivity index (χ0v) is 6.89. The quantitative estimate of drug-likeness (QED) is 0.621. The summed E-state index contributed by atoms with van der Waals surface area (Å²) in [6.07, 6.45) is -3.25. The van der Waals surface area contributed by atoms with E-state index in [1.807, 2.05) is 0 Å². The van der Waals surface area contributed by atoms with Crippen LogP contribution in [0.25, 0.3) is 0 Å². The first-order chi connectivity index (χ1) is 5.43. The van der Waals surface area contributed by atoms with E-state index in [9.17, 15) is 13.2 Å². The third kappa shape index (κ3) is 1.62. The minimum Gasteiger partial charge on any atom is -0.263 e. The van der Waals surface area contributed by atoms with E-state index in [0.29, 0.717) is 10.3 Å². The summed E-state index contributed by atoms with van der Waals surface area (Å²) >= 11 is 0. The van der Waals surface area contributed by atoms with Crippen LogP contribution in [0.3, 0.4) is 0 Å². The number of aromatic nitrogens is 1. The van der Waals surface area contributed by atoms with Gasteiger partial charge >= 0.3 is 6.30 Å². The van der Waals surface area contributed by atoms with E-state index in [-0.39, 0.29) is 5.92 Å². The molecule has 0 aliphatic carbocycles. The molecule has 1 aromatic heterocycles. The molecule has 0 amide bonds. The van der Waals surface area contributed by atoms with Crippen molar-refractivity contribution in [3.8, 4) is 0 Å². The standard InChI is InChI=1S/C8H10F3N/c1-6(2)7-4-3-5-12(7)8(9,10)11/h3-6H,1-2H3. The van der Waals surface area contributed by atoms with Crippen LogP contribution in [-0.4, -0.2) is 4.57 Å². The molecule has 0 aromatic carbocycles. The Morgan fingerprint density at radius 1 is 1.33 bits per heavy atom. The Balaban J connectivity index is 3.08. The first kappa shape index (κ1) is 9.16.